The molecule has 0 radical (unpaired) electrons. The lowest BCUT2D eigenvalue weighted by Gasteiger charge is -2.21. The largest absolute Gasteiger partial charge is 0.401 e. The van der Waals surface area contributed by atoms with Crippen molar-refractivity contribution in [3.8, 4) is 0 Å². The number of rotatable bonds is 4. The second-order valence-corrected chi connectivity index (χ2v) is 4.54. The van der Waals surface area contributed by atoms with E-state index in [0.717, 1.165) is 37.2 Å². The van der Waals surface area contributed by atoms with Crippen molar-refractivity contribution in [1.29, 1.82) is 0 Å². The number of nitrogens with one attached hydrogen (secondary N) is 1. The highest BCUT2D eigenvalue weighted by atomic mass is 19.4. The number of hydrogen-bond acceptors (Lipinski definition) is 2. The number of benzene rings is 1. The highest BCUT2D eigenvalue weighted by Crippen LogP contribution is 2.24. The third kappa shape index (κ3) is 3.63. The summed E-state index contributed by atoms with van der Waals surface area (Å²) in [6.45, 7) is 1.31. The van der Waals surface area contributed by atoms with E-state index in [9.17, 15) is 13.2 Å². The second-order valence-electron chi connectivity index (χ2n) is 4.54. The Kier molecular flexibility index (Phi) is 4.11. The Morgan fingerprint density at radius 2 is 1.78 bits per heavy atom. The van der Waals surface area contributed by atoms with Crippen LogP contribution in [0.3, 0.4) is 0 Å². The fourth-order valence-electron chi connectivity index (χ4n) is 2.27. The van der Waals surface area contributed by atoms with Crippen LogP contribution in [0, 0.1) is 0 Å². The molecule has 1 N–H and O–H groups in total. The summed E-state index contributed by atoms with van der Waals surface area (Å²) in [4.78, 5) is 2.24. The average Bonchev–Trinajstić information content (AvgIpc) is 2.81. The van der Waals surface area contributed by atoms with E-state index in [-0.39, 0.29) is 6.54 Å². The van der Waals surface area contributed by atoms with Gasteiger partial charge >= 0.3 is 6.18 Å². The summed E-state index contributed by atoms with van der Waals surface area (Å²) >= 11 is 0. The van der Waals surface area contributed by atoms with Gasteiger partial charge in [-0.2, -0.15) is 13.2 Å². The zero-order valence-corrected chi connectivity index (χ0v) is 10.1. The van der Waals surface area contributed by atoms with Crippen LogP contribution in [-0.2, 0) is 6.54 Å². The number of hydrogen-bond donors (Lipinski definition) is 1. The molecule has 0 bridgehead atoms. The molecular formula is C13H17F3N2. The Bertz CT molecular complexity index is 384. The quantitative estimate of drug-likeness (QED) is 0.893. The first-order valence-corrected chi connectivity index (χ1v) is 6.16. The van der Waals surface area contributed by atoms with Crippen molar-refractivity contribution in [2.24, 2.45) is 0 Å². The lowest BCUT2D eigenvalue weighted by Crippen LogP contribution is -2.29. The lowest BCUT2D eigenvalue weighted by atomic mass is 10.1. The molecule has 5 heteroatoms. The Morgan fingerprint density at radius 3 is 2.44 bits per heavy atom. The van der Waals surface area contributed by atoms with Gasteiger partial charge in [-0.05, 0) is 24.5 Å². The summed E-state index contributed by atoms with van der Waals surface area (Å²) in [7, 11) is 0. The van der Waals surface area contributed by atoms with Crippen LogP contribution in [-0.4, -0.2) is 25.8 Å². The molecule has 1 fully saturated rings. The van der Waals surface area contributed by atoms with E-state index >= 15 is 0 Å². The standard InChI is InChI=1S/C13H17F3N2/c14-13(15,16)10-17-9-11-5-1-2-6-12(11)18-7-3-4-8-18/h1-2,5-6,17H,3-4,7-10H2. The van der Waals surface area contributed by atoms with Crippen LogP contribution in [0.15, 0.2) is 24.3 Å². The maximum Gasteiger partial charge on any atom is 0.401 e. The average molecular weight is 258 g/mol. The Morgan fingerprint density at radius 1 is 1.11 bits per heavy atom. The topological polar surface area (TPSA) is 15.3 Å². The molecule has 0 saturated carbocycles. The Hall–Kier alpha value is -1.23. The van der Waals surface area contributed by atoms with Crippen LogP contribution in [0.1, 0.15) is 18.4 Å². The van der Waals surface area contributed by atoms with Crippen LogP contribution < -0.4 is 10.2 Å². The van der Waals surface area contributed by atoms with Gasteiger partial charge in [-0.15, -0.1) is 0 Å². The van der Waals surface area contributed by atoms with E-state index in [1.54, 1.807) is 0 Å². The smallest absolute Gasteiger partial charge is 0.371 e. The van der Waals surface area contributed by atoms with Gasteiger partial charge in [0, 0.05) is 25.3 Å². The molecule has 1 aromatic carbocycles. The molecule has 18 heavy (non-hydrogen) atoms. The maximum absolute atomic E-state index is 12.1. The third-order valence-corrected chi connectivity index (χ3v) is 3.08. The van der Waals surface area contributed by atoms with Crippen molar-refractivity contribution < 1.29 is 13.2 Å². The minimum Gasteiger partial charge on any atom is -0.371 e. The van der Waals surface area contributed by atoms with Gasteiger partial charge in [0.15, 0.2) is 0 Å². The molecule has 0 spiro atoms. The van der Waals surface area contributed by atoms with Gasteiger partial charge in [0.2, 0.25) is 0 Å². The van der Waals surface area contributed by atoms with Crippen molar-refractivity contribution >= 4 is 5.69 Å². The first-order chi connectivity index (χ1) is 8.56. The molecule has 0 unspecified atom stereocenters. The normalized spacial score (nSPS) is 16.3. The van der Waals surface area contributed by atoms with E-state index < -0.39 is 12.7 Å². The molecule has 1 aliphatic rings. The molecule has 1 saturated heterocycles. The fourth-order valence-corrected chi connectivity index (χ4v) is 2.27. The van der Waals surface area contributed by atoms with E-state index in [0.29, 0.717) is 0 Å². The zero-order valence-electron chi connectivity index (χ0n) is 10.1. The van der Waals surface area contributed by atoms with Gasteiger partial charge in [-0.25, -0.2) is 0 Å². The summed E-state index contributed by atoms with van der Waals surface area (Å²) in [5.41, 5.74) is 1.99. The predicted octanol–water partition coefficient (Wildman–Crippen LogP) is 2.94. The highest BCUT2D eigenvalue weighted by molar-refractivity contribution is 5.54. The number of alkyl halides is 3. The van der Waals surface area contributed by atoms with E-state index in [2.05, 4.69) is 10.2 Å². The van der Waals surface area contributed by atoms with Crippen molar-refractivity contribution in [1.82, 2.24) is 5.32 Å². The SMILES string of the molecule is FC(F)(F)CNCc1ccccc1N1CCCC1. The molecule has 0 aliphatic carbocycles. The molecular weight excluding hydrogens is 241 g/mol. The number of anilines is 1. The number of para-hydroxylation sites is 1. The zero-order chi connectivity index (χ0) is 13.0. The number of halogens is 3. The minimum absolute atomic E-state index is 0.256. The van der Waals surface area contributed by atoms with Crippen molar-refractivity contribution in [3.05, 3.63) is 29.8 Å². The van der Waals surface area contributed by atoms with Crippen molar-refractivity contribution in [3.63, 3.8) is 0 Å². The summed E-state index contributed by atoms with van der Waals surface area (Å²) in [6, 6.07) is 7.66. The minimum atomic E-state index is -4.15. The van der Waals surface area contributed by atoms with Crippen LogP contribution in [0.2, 0.25) is 0 Å². The molecule has 0 atom stereocenters. The van der Waals surface area contributed by atoms with Crippen LogP contribution in [0.25, 0.3) is 0 Å². The molecule has 100 valence electrons. The molecule has 1 heterocycles. The van der Waals surface area contributed by atoms with E-state index in [4.69, 9.17) is 0 Å². The highest BCUT2D eigenvalue weighted by Gasteiger charge is 2.26. The van der Waals surface area contributed by atoms with E-state index in [1.165, 1.54) is 0 Å². The van der Waals surface area contributed by atoms with Crippen molar-refractivity contribution in [2.75, 3.05) is 24.5 Å². The molecule has 2 nitrogen and oxygen atoms in total. The van der Waals surface area contributed by atoms with Gasteiger partial charge in [0.05, 0.1) is 6.54 Å². The van der Waals surface area contributed by atoms with Crippen LogP contribution in [0.4, 0.5) is 18.9 Å². The molecule has 1 aromatic rings. The van der Waals surface area contributed by atoms with Gasteiger partial charge < -0.3 is 10.2 Å². The van der Waals surface area contributed by atoms with Gasteiger partial charge in [-0.3, -0.25) is 0 Å². The van der Waals surface area contributed by atoms with E-state index in [1.807, 2.05) is 24.3 Å². The van der Waals surface area contributed by atoms with Crippen molar-refractivity contribution in [2.45, 2.75) is 25.6 Å². The number of nitrogens with zero attached hydrogens (tertiary/aromatic N) is 1. The summed E-state index contributed by atoms with van der Waals surface area (Å²) in [5.74, 6) is 0. The lowest BCUT2D eigenvalue weighted by molar-refractivity contribution is -0.125. The third-order valence-electron chi connectivity index (χ3n) is 3.08. The molecule has 0 aromatic heterocycles. The van der Waals surface area contributed by atoms with Gasteiger partial charge in [0.1, 0.15) is 0 Å². The first kappa shape index (κ1) is 13.2. The van der Waals surface area contributed by atoms with Crippen LogP contribution >= 0.6 is 0 Å². The molecule has 0 amide bonds. The fraction of sp³-hybridized carbons (Fsp3) is 0.538. The molecule has 2 rings (SSSR count). The monoisotopic (exact) mass is 258 g/mol. The van der Waals surface area contributed by atoms with Gasteiger partial charge in [-0.1, -0.05) is 18.2 Å². The Balaban J connectivity index is 1.99. The summed E-state index contributed by atoms with van der Waals surface area (Å²) in [5, 5.41) is 2.45. The first-order valence-electron chi connectivity index (χ1n) is 6.16. The molecule has 1 aliphatic heterocycles. The second kappa shape index (κ2) is 5.61. The van der Waals surface area contributed by atoms with Gasteiger partial charge in [0.25, 0.3) is 0 Å². The summed E-state index contributed by atoms with van der Waals surface area (Å²) < 4.78 is 36.3. The maximum atomic E-state index is 12.1. The summed E-state index contributed by atoms with van der Waals surface area (Å²) in [6.07, 6.45) is -1.84. The Labute approximate surface area is 105 Å². The van der Waals surface area contributed by atoms with Crippen LogP contribution in [0.5, 0.6) is 0 Å². The predicted molar refractivity (Wildman–Crippen MR) is 65.7 cm³/mol.